The second-order valence-corrected chi connectivity index (χ2v) is 8.01. The van der Waals surface area contributed by atoms with Gasteiger partial charge in [0.15, 0.2) is 6.10 Å². The molecule has 0 aliphatic carbocycles. The largest absolute Gasteiger partial charge is 0.481 e. The monoisotopic (exact) mass is 440 g/mol. The number of benzene rings is 2. The Morgan fingerprint density at radius 3 is 2.39 bits per heavy atom. The Kier molecular flexibility index (Phi) is 6.53. The van der Waals surface area contributed by atoms with Crippen molar-refractivity contribution in [2.75, 3.05) is 26.2 Å². The van der Waals surface area contributed by atoms with Gasteiger partial charge in [0.1, 0.15) is 5.75 Å². The molecule has 8 heteroatoms. The fourth-order valence-corrected chi connectivity index (χ4v) is 3.75. The molecule has 1 saturated heterocycles. The van der Waals surface area contributed by atoms with Gasteiger partial charge in [-0.15, -0.1) is 0 Å². The molecule has 2 unspecified atom stereocenters. The summed E-state index contributed by atoms with van der Waals surface area (Å²) in [5.74, 6) is 1.78. The summed E-state index contributed by atoms with van der Waals surface area (Å²) in [6, 6.07) is 16.8. The molecule has 2 heterocycles. The average molecular weight is 441 g/mol. The molecule has 0 bridgehead atoms. The third-order valence-corrected chi connectivity index (χ3v) is 5.73. The Bertz CT molecular complexity index is 1000. The normalized spacial score (nSPS) is 16.7. The second-order valence-electron chi connectivity index (χ2n) is 7.57. The van der Waals surface area contributed by atoms with Crippen LogP contribution in [0.5, 0.6) is 5.75 Å². The van der Waals surface area contributed by atoms with Gasteiger partial charge in [-0.3, -0.25) is 9.69 Å². The van der Waals surface area contributed by atoms with Gasteiger partial charge >= 0.3 is 0 Å². The molecule has 7 nitrogen and oxygen atoms in total. The number of nitrogens with zero attached hydrogens (tertiary/aromatic N) is 4. The third kappa shape index (κ3) is 5.06. The summed E-state index contributed by atoms with van der Waals surface area (Å²) >= 11 is 5.90. The van der Waals surface area contributed by atoms with Gasteiger partial charge in [-0.1, -0.05) is 47.1 Å². The second kappa shape index (κ2) is 9.49. The van der Waals surface area contributed by atoms with Crippen molar-refractivity contribution in [3.8, 4) is 17.1 Å². The van der Waals surface area contributed by atoms with E-state index in [4.69, 9.17) is 20.9 Å². The van der Waals surface area contributed by atoms with Gasteiger partial charge in [0.2, 0.25) is 11.7 Å². The highest BCUT2D eigenvalue weighted by molar-refractivity contribution is 6.30. The molecule has 0 radical (unpaired) electrons. The number of rotatable bonds is 6. The molecule has 4 rings (SSSR count). The zero-order valence-electron chi connectivity index (χ0n) is 17.6. The molecule has 2 aromatic carbocycles. The zero-order valence-corrected chi connectivity index (χ0v) is 18.3. The number of carbonyl (C=O) groups excluding carboxylic acids is 1. The third-order valence-electron chi connectivity index (χ3n) is 5.48. The van der Waals surface area contributed by atoms with Gasteiger partial charge in [0.05, 0.1) is 6.04 Å². The predicted molar refractivity (Wildman–Crippen MR) is 118 cm³/mol. The first-order valence-electron chi connectivity index (χ1n) is 10.4. The van der Waals surface area contributed by atoms with E-state index in [9.17, 15) is 4.79 Å². The fraction of sp³-hybridized carbons (Fsp3) is 0.348. The van der Waals surface area contributed by atoms with Crippen LogP contribution in [0, 0.1) is 0 Å². The van der Waals surface area contributed by atoms with Crippen LogP contribution in [0.4, 0.5) is 0 Å². The Balaban J connectivity index is 1.31. The van der Waals surface area contributed by atoms with Crippen LogP contribution in [0.15, 0.2) is 59.1 Å². The van der Waals surface area contributed by atoms with Crippen molar-refractivity contribution in [2.24, 2.45) is 0 Å². The number of amides is 1. The van der Waals surface area contributed by atoms with Gasteiger partial charge in [0.25, 0.3) is 5.91 Å². The van der Waals surface area contributed by atoms with Crippen molar-refractivity contribution in [1.29, 1.82) is 0 Å². The first-order valence-corrected chi connectivity index (χ1v) is 10.7. The lowest BCUT2D eigenvalue weighted by molar-refractivity contribution is -0.140. The number of ether oxygens (including phenoxy) is 1. The SMILES string of the molecule is CC(Oc1ccc(Cl)cc1)C(=O)N1CCN(C(C)c2nc(-c3ccccc3)no2)CC1. The van der Waals surface area contributed by atoms with Crippen LogP contribution >= 0.6 is 11.6 Å². The molecule has 1 fully saturated rings. The maximum Gasteiger partial charge on any atom is 0.263 e. The molecular weight excluding hydrogens is 416 g/mol. The van der Waals surface area contributed by atoms with E-state index in [1.807, 2.05) is 42.2 Å². The summed E-state index contributed by atoms with van der Waals surface area (Å²) in [5, 5.41) is 4.74. The summed E-state index contributed by atoms with van der Waals surface area (Å²) in [4.78, 5) is 21.4. The number of hydrogen-bond donors (Lipinski definition) is 0. The predicted octanol–water partition coefficient (Wildman–Crippen LogP) is 4.06. The highest BCUT2D eigenvalue weighted by Gasteiger charge is 2.30. The molecule has 31 heavy (non-hydrogen) atoms. The number of halogens is 1. The van der Waals surface area contributed by atoms with E-state index in [-0.39, 0.29) is 11.9 Å². The minimum Gasteiger partial charge on any atom is -0.481 e. The molecule has 1 amide bonds. The van der Waals surface area contributed by atoms with Gasteiger partial charge in [-0.2, -0.15) is 4.98 Å². The first-order chi connectivity index (χ1) is 15.0. The van der Waals surface area contributed by atoms with Crippen LogP contribution in [0.1, 0.15) is 25.8 Å². The van der Waals surface area contributed by atoms with E-state index < -0.39 is 6.10 Å². The molecule has 2 atom stereocenters. The van der Waals surface area contributed by atoms with E-state index in [0.29, 0.717) is 35.6 Å². The van der Waals surface area contributed by atoms with Crippen LogP contribution in [-0.2, 0) is 4.79 Å². The summed E-state index contributed by atoms with van der Waals surface area (Å²) in [6.07, 6.45) is -0.561. The van der Waals surface area contributed by atoms with Crippen LogP contribution in [0.3, 0.4) is 0 Å². The average Bonchev–Trinajstić information content (AvgIpc) is 3.31. The highest BCUT2D eigenvalue weighted by Crippen LogP contribution is 2.24. The molecule has 1 aliphatic heterocycles. The maximum absolute atomic E-state index is 12.8. The number of carbonyl (C=O) groups is 1. The summed E-state index contributed by atoms with van der Waals surface area (Å²) in [7, 11) is 0. The molecule has 0 N–H and O–H groups in total. The number of aromatic nitrogens is 2. The van der Waals surface area contributed by atoms with E-state index in [1.165, 1.54) is 0 Å². The number of piperazine rings is 1. The molecule has 162 valence electrons. The van der Waals surface area contributed by atoms with Gasteiger partial charge < -0.3 is 14.2 Å². The Morgan fingerprint density at radius 1 is 1.03 bits per heavy atom. The van der Waals surface area contributed by atoms with E-state index in [2.05, 4.69) is 15.0 Å². The summed E-state index contributed by atoms with van der Waals surface area (Å²) in [5.41, 5.74) is 0.926. The molecule has 3 aromatic rings. The lowest BCUT2D eigenvalue weighted by Crippen LogP contribution is -2.52. The highest BCUT2D eigenvalue weighted by atomic mass is 35.5. The van der Waals surface area contributed by atoms with Gasteiger partial charge in [-0.25, -0.2) is 0 Å². The van der Waals surface area contributed by atoms with Crippen LogP contribution < -0.4 is 4.74 Å². The molecular formula is C23H25ClN4O3. The molecule has 0 spiro atoms. The Labute approximate surface area is 186 Å². The topological polar surface area (TPSA) is 71.7 Å². The Morgan fingerprint density at radius 2 is 1.71 bits per heavy atom. The zero-order chi connectivity index (χ0) is 21.8. The van der Waals surface area contributed by atoms with E-state index in [1.54, 1.807) is 31.2 Å². The lowest BCUT2D eigenvalue weighted by atomic mass is 10.2. The van der Waals surface area contributed by atoms with E-state index in [0.717, 1.165) is 18.7 Å². The van der Waals surface area contributed by atoms with Crippen molar-refractivity contribution in [3.63, 3.8) is 0 Å². The van der Waals surface area contributed by atoms with Gasteiger partial charge in [-0.05, 0) is 38.1 Å². The number of hydrogen-bond acceptors (Lipinski definition) is 6. The smallest absolute Gasteiger partial charge is 0.263 e. The van der Waals surface area contributed by atoms with E-state index >= 15 is 0 Å². The van der Waals surface area contributed by atoms with Crippen LogP contribution in [-0.4, -0.2) is 58.1 Å². The fourth-order valence-electron chi connectivity index (χ4n) is 3.62. The maximum atomic E-state index is 12.8. The van der Waals surface area contributed by atoms with Crippen LogP contribution in [0.25, 0.3) is 11.4 Å². The summed E-state index contributed by atoms with van der Waals surface area (Å²) < 4.78 is 11.3. The quantitative estimate of drug-likeness (QED) is 0.575. The first kappa shape index (κ1) is 21.3. The van der Waals surface area contributed by atoms with Crippen molar-refractivity contribution in [2.45, 2.75) is 26.0 Å². The van der Waals surface area contributed by atoms with Crippen molar-refractivity contribution in [3.05, 3.63) is 65.5 Å². The van der Waals surface area contributed by atoms with Crippen molar-refractivity contribution < 1.29 is 14.1 Å². The lowest BCUT2D eigenvalue weighted by Gasteiger charge is -2.37. The standard InChI is InChI=1S/C23H25ClN4O3/c1-16(22-25-21(26-31-22)18-6-4-3-5-7-18)27-12-14-28(15-13-27)23(29)17(2)30-20-10-8-19(24)9-11-20/h3-11,16-17H,12-15H2,1-2H3. The molecule has 1 aromatic heterocycles. The molecule has 1 aliphatic rings. The van der Waals surface area contributed by atoms with Crippen LogP contribution in [0.2, 0.25) is 5.02 Å². The van der Waals surface area contributed by atoms with Gasteiger partial charge in [0, 0.05) is 36.8 Å². The summed E-state index contributed by atoms with van der Waals surface area (Å²) in [6.45, 7) is 6.52. The molecule has 0 saturated carbocycles. The Hall–Kier alpha value is -2.90. The van der Waals surface area contributed by atoms with Crippen molar-refractivity contribution >= 4 is 17.5 Å². The minimum absolute atomic E-state index is 0.0218. The van der Waals surface area contributed by atoms with Crippen molar-refractivity contribution in [1.82, 2.24) is 19.9 Å². The minimum atomic E-state index is -0.561.